The summed E-state index contributed by atoms with van der Waals surface area (Å²) in [4.78, 5) is 24.3. The summed E-state index contributed by atoms with van der Waals surface area (Å²) in [6.07, 6.45) is 0. The van der Waals surface area contributed by atoms with Crippen LogP contribution < -0.4 is 10.2 Å². The van der Waals surface area contributed by atoms with Gasteiger partial charge < -0.3 is 10.2 Å². The van der Waals surface area contributed by atoms with Gasteiger partial charge in [0.15, 0.2) is 0 Å². The van der Waals surface area contributed by atoms with Gasteiger partial charge in [-0.15, -0.1) is 0 Å². The lowest BCUT2D eigenvalue weighted by Gasteiger charge is -2.27. The first-order valence-electron chi connectivity index (χ1n) is 9.89. The first-order chi connectivity index (χ1) is 13.8. The van der Waals surface area contributed by atoms with E-state index in [1.54, 1.807) is 6.07 Å². The van der Waals surface area contributed by atoms with Gasteiger partial charge in [-0.2, -0.15) is 0 Å². The highest BCUT2D eigenvalue weighted by atomic mass is 16.1. The number of hydrogen-bond donors (Lipinski definition) is 1. The van der Waals surface area contributed by atoms with Crippen molar-refractivity contribution in [3.8, 4) is 0 Å². The van der Waals surface area contributed by atoms with Gasteiger partial charge in [-0.1, -0.05) is 48.5 Å². The van der Waals surface area contributed by atoms with Crippen LogP contribution in [-0.2, 0) is 6.54 Å². The van der Waals surface area contributed by atoms with E-state index in [0.29, 0.717) is 18.2 Å². The Balaban J connectivity index is 1.91. The quantitative estimate of drug-likeness (QED) is 0.640. The normalized spacial score (nSPS) is 10.8. The molecule has 0 aliphatic carbocycles. The molecular formula is C24H28N4O. The van der Waals surface area contributed by atoms with Gasteiger partial charge in [-0.05, 0) is 57.4 Å². The standard InChI is InChI=1S/C24H28N4O/c1-16(2)28(15-20-12-7-6-8-13-20)24-25-19(5)14-21(26-24)23(29)27-22-17(3)10-9-11-18(22)4/h6-14,16H,15H2,1-5H3,(H,27,29). The van der Waals surface area contributed by atoms with E-state index in [1.807, 2.05) is 57.2 Å². The number of para-hydroxylation sites is 1. The number of nitrogens with one attached hydrogen (secondary N) is 1. The molecule has 1 amide bonds. The molecule has 1 N–H and O–H groups in total. The second-order valence-electron chi connectivity index (χ2n) is 7.62. The summed E-state index contributed by atoms with van der Waals surface area (Å²) >= 11 is 0. The Kier molecular flexibility index (Phi) is 6.27. The Morgan fingerprint density at radius 3 is 2.24 bits per heavy atom. The van der Waals surface area contributed by atoms with Crippen LogP contribution in [0.1, 0.15) is 46.7 Å². The van der Waals surface area contributed by atoms with E-state index in [1.165, 1.54) is 5.56 Å². The van der Waals surface area contributed by atoms with E-state index in [4.69, 9.17) is 0 Å². The number of benzene rings is 2. The first kappa shape index (κ1) is 20.5. The Hall–Kier alpha value is -3.21. The highest BCUT2D eigenvalue weighted by Crippen LogP contribution is 2.21. The highest BCUT2D eigenvalue weighted by molar-refractivity contribution is 6.04. The predicted octanol–water partition coefficient (Wildman–Crippen LogP) is 5.07. The summed E-state index contributed by atoms with van der Waals surface area (Å²) in [7, 11) is 0. The fourth-order valence-corrected chi connectivity index (χ4v) is 3.25. The zero-order valence-electron chi connectivity index (χ0n) is 17.7. The fourth-order valence-electron chi connectivity index (χ4n) is 3.25. The fraction of sp³-hybridized carbons (Fsp3) is 0.292. The van der Waals surface area contributed by atoms with E-state index >= 15 is 0 Å². The molecule has 1 heterocycles. The van der Waals surface area contributed by atoms with Crippen molar-refractivity contribution in [2.75, 3.05) is 10.2 Å². The van der Waals surface area contributed by atoms with Crippen LogP contribution in [0.25, 0.3) is 0 Å². The Labute approximate surface area is 172 Å². The molecule has 5 nitrogen and oxygen atoms in total. The third-order valence-corrected chi connectivity index (χ3v) is 4.87. The van der Waals surface area contributed by atoms with E-state index in [2.05, 4.69) is 46.2 Å². The molecule has 0 radical (unpaired) electrons. The number of amides is 1. The third kappa shape index (κ3) is 4.99. The van der Waals surface area contributed by atoms with Gasteiger partial charge in [-0.3, -0.25) is 4.79 Å². The maximum Gasteiger partial charge on any atom is 0.274 e. The van der Waals surface area contributed by atoms with Gasteiger partial charge in [0.25, 0.3) is 5.91 Å². The number of carbonyl (C=O) groups is 1. The zero-order chi connectivity index (χ0) is 21.0. The number of hydrogen-bond acceptors (Lipinski definition) is 4. The zero-order valence-corrected chi connectivity index (χ0v) is 17.7. The molecule has 3 rings (SSSR count). The second kappa shape index (κ2) is 8.86. The topological polar surface area (TPSA) is 58.1 Å². The molecule has 150 valence electrons. The average Bonchev–Trinajstić information content (AvgIpc) is 2.69. The summed E-state index contributed by atoms with van der Waals surface area (Å²) in [5.41, 5.74) is 5.19. The molecule has 0 spiro atoms. The van der Waals surface area contributed by atoms with E-state index in [-0.39, 0.29) is 11.9 Å². The van der Waals surface area contributed by atoms with Crippen molar-refractivity contribution < 1.29 is 4.79 Å². The first-order valence-corrected chi connectivity index (χ1v) is 9.89. The van der Waals surface area contributed by atoms with Crippen molar-refractivity contribution in [2.45, 2.75) is 47.2 Å². The van der Waals surface area contributed by atoms with Crippen LogP contribution >= 0.6 is 0 Å². The molecule has 0 fully saturated rings. The van der Waals surface area contributed by atoms with Crippen LogP contribution in [0.3, 0.4) is 0 Å². The van der Waals surface area contributed by atoms with Gasteiger partial charge in [0.05, 0.1) is 0 Å². The SMILES string of the molecule is Cc1cc(C(=O)Nc2c(C)cccc2C)nc(N(Cc2ccccc2)C(C)C)n1. The summed E-state index contributed by atoms with van der Waals surface area (Å²) in [5.74, 6) is 0.341. The minimum Gasteiger partial charge on any atom is -0.334 e. The lowest BCUT2D eigenvalue weighted by molar-refractivity contribution is 0.102. The molecule has 0 aliphatic heterocycles. The minimum absolute atomic E-state index is 0.187. The minimum atomic E-state index is -0.224. The highest BCUT2D eigenvalue weighted by Gasteiger charge is 2.18. The molecule has 0 aliphatic rings. The van der Waals surface area contributed by atoms with Crippen LogP contribution in [0.5, 0.6) is 0 Å². The van der Waals surface area contributed by atoms with Crippen LogP contribution in [-0.4, -0.2) is 21.9 Å². The summed E-state index contributed by atoms with van der Waals surface area (Å²) in [5, 5.41) is 3.02. The number of carbonyl (C=O) groups excluding carboxylic acids is 1. The number of rotatable bonds is 6. The smallest absolute Gasteiger partial charge is 0.274 e. The lowest BCUT2D eigenvalue weighted by Crippen LogP contribution is -2.32. The number of nitrogens with zero attached hydrogens (tertiary/aromatic N) is 3. The molecule has 0 bridgehead atoms. The monoisotopic (exact) mass is 388 g/mol. The molecule has 0 atom stereocenters. The van der Waals surface area contributed by atoms with Gasteiger partial charge in [0.1, 0.15) is 5.69 Å². The molecular weight excluding hydrogens is 360 g/mol. The Bertz CT molecular complexity index is 979. The lowest BCUT2D eigenvalue weighted by atomic mass is 10.1. The van der Waals surface area contributed by atoms with E-state index in [9.17, 15) is 4.79 Å². The predicted molar refractivity (Wildman–Crippen MR) is 118 cm³/mol. The van der Waals surface area contributed by atoms with Crippen LogP contribution in [0.15, 0.2) is 54.6 Å². The molecule has 1 aromatic heterocycles. The maximum absolute atomic E-state index is 13.0. The van der Waals surface area contributed by atoms with Crippen LogP contribution in [0.2, 0.25) is 0 Å². The Morgan fingerprint density at radius 2 is 1.62 bits per heavy atom. The van der Waals surface area contributed by atoms with Gasteiger partial charge in [0, 0.05) is 24.0 Å². The molecule has 5 heteroatoms. The third-order valence-electron chi connectivity index (χ3n) is 4.87. The number of aromatic nitrogens is 2. The molecule has 29 heavy (non-hydrogen) atoms. The van der Waals surface area contributed by atoms with Crippen molar-refractivity contribution in [3.63, 3.8) is 0 Å². The summed E-state index contributed by atoms with van der Waals surface area (Å²) in [6.45, 7) is 10.7. The molecule has 0 saturated carbocycles. The van der Waals surface area contributed by atoms with Crippen molar-refractivity contribution >= 4 is 17.5 Å². The maximum atomic E-state index is 13.0. The van der Waals surface area contributed by atoms with Crippen molar-refractivity contribution in [1.29, 1.82) is 0 Å². The molecule has 2 aromatic carbocycles. The van der Waals surface area contributed by atoms with Gasteiger partial charge in [-0.25, -0.2) is 9.97 Å². The second-order valence-corrected chi connectivity index (χ2v) is 7.62. The molecule has 0 saturated heterocycles. The van der Waals surface area contributed by atoms with Crippen LogP contribution in [0, 0.1) is 20.8 Å². The molecule has 0 unspecified atom stereocenters. The average molecular weight is 389 g/mol. The number of anilines is 2. The summed E-state index contributed by atoms with van der Waals surface area (Å²) in [6, 6.07) is 18.1. The van der Waals surface area contributed by atoms with E-state index in [0.717, 1.165) is 22.5 Å². The van der Waals surface area contributed by atoms with Crippen LogP contribution in [0.4, 0.5) is 11.6 Å². The Morgan fingerprint density at radius 1 is 0.966 bits per heavy atom. The van der Waals surface area contributed by atoms with Gasteiger partial charge >= 0.3 is 0 Å². The summed E-state index contributed by atoms with van der Waals surface area (Å²) < 4.78 is 0. The largest absolute Gasteiger partial charge is 0.334 e. The van der Waals surface area contributed by atoms with E-state index < -0.39 is 0 Å². The van der Waals surface area contributed by atoms with Gasteiger partial charge in [0.2, 0.25) is 5.95 Å². The number of aryl methyl sites for hydroxylation is 3. The van der Waals surface area contributed by atoms with Crippen molar-refractivity contribution in [2.24, 2.45) is 0 Å². The van der Waals surface area contributed by atoms with Crippen molar-refractivity contribution in [3.05, 3.63) is 82.7 Å². The molecule has 3 aromatic rings. The van der Waals surface area contributed by atoms with Crippen molar-refractivity contribution in [1.82, 2.24) is 9.97 Å².